The summed E-state index contributed by atoms with van der Waals surface area (Å²) in [5, 5.41) is 25.7. The van der Waals surface area contributed by atoms with E-state index in [0.29, 0.717) is 139 Å². The monoisotopic (exact) mass is 1350 g/mol. The number of aliphatic hydroxyl groups excluding tert-OH is 3. The number of hydrogen-bond acceptors (Lipinski definition) is 16. The van der Waals surface area contributed by atoms with E-state index in [1.54, 1.807) is 0 Å². The number of aliphatic hydroxyl groups is 3. The van der Waals surface area contributed by atoms with Gasteiger partial charge in [-0.25, -0.2) is 4.57 Å². The summed E-state index contributed by atoms with van der Waals surface area (Å²) in [6.07, 6.45) is 58.2. The van der Waals surface area contributed by atoms with Crippen LogP contribution in [0.25, 0.3) is 0 Å². The molecule has 0 aromatic heterocycles. The summed E-state index contributed by atoms with van der Waals surface area (Å²) in [6, 6.07) is 0. The van der Waals surface area contributed by atoms with Gasteiger partial charge in [-0.1, -0.05) is 271 Å². The summed E-state index contributed by atoms with van der Waals surface area (Å²) in [5.41, 5.74) is 0. The molecule has 92 heavy (non-hydrogen) atoms. The van der Waals surface area contributed by atoms with Crippen molar-refractivity contribution in [2.75, 3.05) is 178 Å². The minimum Gasteiger partial charge on any atom is -0.394 e. The molecule has 0 aromatic carbocycles. The molecule has 20 heteroatoms. The fraction of sp³-hybridized carbons (Fsp3) is 1.00. The summed E-state index contributed by atoms with van der Waals surface area (Å²) in [5.74, 6) is 0. The van der Waals surface area contributed by atoms with Gasteiger partial charge in [0.2, 0.25) is 0 Å². The van der Waals surface area contributed by atoms with Crippen LogP contribution in [-0.4, -0.2) is 208 Å². The van der Waals surface area contributed by atoms with E-state index < -0.39 is 7.82 Å². The molecule has 0 aromatic rings. The van der Waals surface area contributed by atoms with E-state index in [-0.39, 0.29) is 19.8 Å². The van der Waals surface area contributed by atoms with Crippen molar-refractivity contribution in [1.29, 1.82) is 0 Å². The molecule has 6 N–H and O–H groups in total. The number of hydrogen-bond donors (Lipinski definition) is 6. The number of phosphoric acid groups is 1. The predicted molar refractivity (Wildman–Crippen MR) is 376 cm³/mol. The van der Waals surface area contributed by atoms with E-state index >= 15 is 0 Å². The lowest BCUT2D eigenvalue weighted by Crippen LogP contribution is -2.12. The number of unbranched alkanes of at least 4 members (excludes halogenated alkanes) is 39. The Bertz CT molecular complexity index is 1030. The van der Waals surface area contributed by atoms with Crippen molar-refractivity contribution < 1.29 is 91.4 Å². The molecule has 0 fully saturated rings. The number of rotatable bonds is 78. The highest BCUT2D eigenvalue weighted by molar-refractivity contribution is 7.45. The summed E-state index contributed by atoms with van der Waals surface area (Å²) in [4.78, 5) is 21.6. The summed E-state index contributed by atoms with van der Waals surface area (Å²) in [6.45, 7) is 21.2. The molecule has 0 aliphatic heterocycles. The Morgan fingerprint density at radius 1 is 0.174 bits per heavy atom. The Kier molecular flexibility index (Phi) is 103. The molecule has 0 atom stereocenters. The van der Waals surface area contributed by atoms with Gasteiger partial charge in [0.25, 0.3) is 0 Å². The first-order valence-corrected chi connectivity index (χ1v) is 39.3. The quantitative estimate of drug-likeness (QED) is 0.0245. The van der Waals surface area contributed by atoms with Crippen LogP contribution in [0, 0.1) is 0 Å². The molecule has 0 bridgehead atoms. The van der Waals surface area contributed by atoms with Gasteiger partial charge < -0.3 is 86.8 Å². The summed E-state index contributed by atoms with van der Waals surface area (Å²) >= 11 is 0. The zero-order chi connectivity index (χ0) is 67.8. The molecule has 0 saturated heterocycles. The van der Waals surface area contributed by atoms with Gasteiger partial charge in [-0.3, -0.25) is 0 Å². The first kappa shape index (κ1) is 97.9. The summed E-state index contributed by atoms with van der Waals surface area (Å²) < 4.78 is 73.4. The molecule has 0 amide bonds. The van der Waals surface area contributed by atoms with E-state index in [2.05, 4.69) is 20.8 Å². The number of ether oxygens (including phenoxy) is 12. The zero-order valence-corrected chi connectivity index (χ0v) is 61.1. The molecular weight excluding hydrogens is 1200 g/mol. The Hall–Kier alpha value is -0.490. The van der Waals surface area contributed by atoms with Crippen LogP contribution in [-0.2, 0) is 61.4 Å². The molecule has 0 rings (SSSR count). The second-order valence-electron chi connectivity index (χ2n) is 23.8. The van der Waals surface area contributed by atoms with Crippen molar-refractivity contribution >= 4 is 7.82 Å². The van der Waals surface area contributed by atoms with Crippen LogP contribution in [0.15, 0.2) is 0 Å². The fourth-order valence-electron chi connectivity index (χ4n) is 9.68. The molecule has 0 aliphatic rings. The maximum atomic E-state index is 8.88. The Morgan fingerprint density at radius 2 is 0.272 bits per heavy atom. The zero-order valence-electron chi connectivity index (χ0n) is 60.2. The second kappa shape index (κ2) is 96.9. The van der Waals surface area contributed by atoms with Crippen molar-refractivity contribution in [2.24, 2.45) is 0 Å². The maximum absolute atomic E-state index is 8.88. The average Bonchev–Trinajstić information content (AvgIpc) is 3.55. The smallest absolute Gasteiger partial charge is 0.394 e. The molecular formula is C72H153O19P. The van der Waals surface area contributed by atoms with Crippen molar-refractivity contribution in [1.82, 2.24) is 0 Å². The van der Waals surface area contributed by atoms with E-state index in [0.717, 1.165) is 39.1 Å². The molecule has 0 unspecified atom stereocenters. The highest BCUT2D eigenvalue weighted by Gasteiger charge is 2.02. The van der Waals surface area contributed by atoms with Gasteiger partial charge in [0.15, 0.2) is 0 Å². The largest absolute Gasteiger partial charge is 0.466 e. The molecule has 560 valence electrons. The van der Waals surface area contributed by atoms with E-state index in [1.165, 1.54) is 250 Å². The minimum absolute atomic E-state index is 0.0580. The fourth-order valence-corrected chi connectivity index (χ4v) is 9.68. The van der Waals surface area contributed by atoms with Crippen LogP contribution in [0.5, 0.6) is 0 Å². The normalized spacial score (nSPS) is 11.4. The lowest BCUT2D eigenvalue weighted by Gasteiger charge is -2.07. The molecule has 0 heterocycles. The molecule has 0 radical (unpaired) electrons. The standard InChI is InChI=1S/3C24H50O5.H3O4P/c3*1-2-3-4-5-6-7-8-9-10-11-12-13-14-15-17-26-19-21-28-23-24-29-22-20-27-18-16-25;1-5(2,3)4/h3*25H,2-24H2,1H3;(H3,1,2,3,4). The van der Waals surface area contributed by atoms with E-state index in [1.807, 2.05) is 0 Å². The van der Waals surface area contributed by atoms with E-state index in [9.17, 15) is 0 Å². The topological polar surface area (TPSA) is 249 Å². The van der Waals surface area contributed by atoms with Gasteiger partial charge in [0, 0.05) is 19.8 Å². The molecule has 0 aliphatic carbocycles. The predicted octanol–water partition coefficient (Wildman–Crippen LogP) is 15.7. The lowest BCUT2D eigenvalue weighted by molar-refractivity contribution is -0.00577. The third-order valence-corrected chi connectivity index (χ3v) is 15.0. The highest BCUT2D eigenvalue weighted by Crippen LogP contribution is 2.26. The SMILES string of the molecule is CCCCCCCCCCCCCCCCOCCOCCOCCOCCO.CCCCCCCCCCCCCCCCOCCOCCOCCOCCO.CCCCCCCCCCCCCCCCOCCOCCOCCOCCO.O=P(O)(O)O. The van der Waals surface area contributed by atoms with Crippen LogP contribution in [0.3, 0.4) is 0 Å². The minimum atomic E-state index is -4.64. The van der Waals surface area contributed by atoms with Gasteiger partial charge in [-0.05, 0) is 19.3 Å². The summed E-state index contributed by atoms with van der Waals surface area (Å²) in [7, 11) is -4.64. The maximum Gasteiger partial charge on any atom is 0.466 e. The van der Waals surface area contributed by atoms with Gasteiger partial charge in [0.05, 0.1) is 159 Å². The van der Waals surface area contributed by atoms with Crippen molar-refractivity contribution in [3.8, 4) is 0 Å². The van der Waals surface area contributed by atoms with Crippen molar-refractivity contribution in [3.63, 3.8) is 0 Å². The third-order valence-electron chi connectivity index (χ3n) is 15.0. The van der Waals surface area contributed by atoms with Crippen LogP contribution in [0.2, 0.25) is 0 Å². The Balaban J connectivity index is -0.000000607. The van der Waals surface area contributed by atoms with Crippen LogP contribution >= 0.6 is 7.82 Å². The Morgan fingerprint density at radius 3 is 0.391 bits per heavy atom. The first-order chi connectivity index (χ1) is 45.2. The van der Waals surface area contributed by atoms with Crippen LogP contribution in [0.4, 0.5) is 0 Å². The van der Waals surface area contributed by atoms with Crippen molar-refractivity contribution in [2.45, 2.75) is 290 Å². The van der Waals surface area contributed by atoms with Crippen molar-refractivity contribution in [3.05, 3.63) is 0 Å². The third kappa shape index (κ3) is 117. The lowest BCUT2D eigenvalue weighted by atomic mass is 10.0. The second-order valence-corrected chi connectivity index (χ2v) is 24.8. The average molecular weight is 1350 g/mol. The van der Waals surface area contributed by atoms with E-state index in [4.69, 9.17) is 91.4 Å². The molecule has 19 nitrogen and oxygen atoms in total. The highest BCUT2D eigenvalue weighted by atomic mass is 31.2. The molecule has 0 spiro atoms. The van der Waals surface area contributed by atoms with Gasteiger partial charge in [-0.2, -0.15) is 0 Å². The van der Waals surface area contributed by atoms with Crippen LogP contribution < -0.4 is 0 Å². The van der Waals surface area contributed by atoms with Crippen LogP contribution in [0.1, 0.15) is 290 Å². The van der Waals surface area contributed by atoms with Gasteiger partial charge in [-0.15, -0.1) is 0 Å². The van der Waals surface area contributed by atoms with Gasteiger partial charge >= 0.3 is 7.82 Å². The van der Waals surface area contributed by atoms with Gasteiger partial charge in [0.1, 0.15) is 0 Å². The molecule has 0 saturated carbocycles. The first-order valence-electron chi connectivity index (χ1n) is 37.8. The Labute approximate surface area is 565 Å².